The fourth-order valence-corrected chi connectivity index (χ4v) is 1.66. The Morgan fingerprint density at radius 1 is 1.40 bits per heavy atom. The summed E-state index contributed by atoms with van der Waals surface area (Å²) in [5.41, 5.74) is 1.96. The van der Waals surface area contributed by atoms with E-state index in [4.69, 9.17) is 4.74 Å². The van der Waals surface area contributed by atoms with Crippen LogP contribution in [0.5, 0.6) is 0 Å². The molecular weight excluding hydrogens is 256 g/mol. The second-order valence-electron chi connectivity index (χ2n) is 2.92. The number of rotatable bonds is 4. The lowest BCUT2D eigenvalue weighted by atomic mass is 10.1. The van der Waals surface area contributed by atoms with Crippen molar-refractivity contribution >= 4 is 27.5 Å². The third kappa shape index (κ3) is 3.88. The summed E-state index contributed by atoms with van der Waals surface area (Å²) < 4.78 is 4.86. The Bertz CT molecular complexity index is 344. The van der Waals surface area contributed by atoms with Gasteiger partial charge in [0, 0.05) is 11.4 Å². The third-order valence-corrected chi connectivity index (χ3v) is 2.47. The molecule has 0 spiro atoms. The Labute approximate surface area is 98.1 Å². The topological polar surface area (TPSA) is 26.3 Å². The van der Waals surface area contributed by atoms with Gasteiger partial charge in [-0.05, 0) is 18.1 Å². The van der Waals surface area contributed by atoms with Gasteiger partial charge >= 0.3 is 5.97 Å². The van der Waals surface area contributed by atoms with E-state index in [1.54, 1.807) is 6.92 Å². The van der Waals surface area contributed by atoms with Gasteiger partial charge in [0.2, 0.25) is 0 Å². The van der Waals surface area contributed by atoms with Crippen molar-refractivity contribution in [2.75, 3.05) is 11.9 Å². The van der Waals surface area contributed by atoms with E-state index in [9.17, 15) is 4.79 Å². The van der Waals surface area contributed by atoms with Crippen molar-refractivity contribution in [2.24, 2.45) is 0 Å². The van der Waals surface area contributed by atoms with Crippen LogP contribution in [0.15, 0.2) is 36.4 Å². The number of hydrogen-bond acceptors (Lipinski definition) is 2. The van der Waals surface area contributed by atoms with E-state index in [2.05, 4.69) is 15.9 Å². The van der Waals surface area contributed by atoms with Crippen molar-refractivity contribution in [3.63, 3.8) is 0 Å². The standard InChI is InChI=1S/C12H13BrO2/c1-2-15-12(14)8-11(9-13)10-6-4-3-5-7-10/h3-8H,2,9H2,1H3. The van der Waals surface area contributed by atoms with Gasteiger partial charge in [-0.2, -0.15) is 0 Å². The molecule has 15 heavy (non-hydrogen) atoms. The highest BCUT2D eigenvalue weighted by molar-refractivity contribution is 9.09. The number of benzene rings is 1. The van der Waals surface area contributed by atoms with Crippen LogP contribution >= 0.6 is 15.9 Å². The lowest BCUT2D eigenvalue weighted by molar-refractivity contribution is -0.137. The number of ether oxygens (including phenoxy) is 1. The van der Waals surface area contributed by atoms with Crippen LogP contribution in [0.3, 0.4) is 0 Å². The SMILES string of the molecule is CCOC(=O)C=C(CBr)c1ccccc1. The molecule has 0 unspecified atom stereocenters. The summed E-state index contributed by atoms with van der Waals surface area (Å²) >= 11 is 3.36. The van der Waals surface area contributed by atoms with Crippen LogP contribution in [0.1, 0.15) is 12.5 Å². The van der Waals surface area contributed by atoms with Crippen LogP contribution < -0.4 is 0 Å². The Hall–Kier alpha value is -1.09. The maximum atomic E-state index is 11.3. The number of halogens is 1. The fraction of sp³-hybridized carbons (Fsp3) is 0.250. The van der Waals surface area contributed by atoms with Crippen LogP contribution in [0.4, 0.5) is 0 Å². The van der Waals surface area contributed by atoms with Gasteiger partial charge in [-0.3, -0.25) is 0 Å². The molecule has 0 amide bonds. The van der Waals surface area contributed by atoms with Gasteiger partial charge in [0.15, 0.2) is 0 Å². The van der Waals surface area contributed by atoms with Crippen LogP contribution in [-0.2, 0) is 9.53 Å². The number of alkyl halides is 1. The zero-order chi connectivity index (χ0) is 11.1. The van der Waals surface area contributed by atoms with Gasteiger partial charge in [0.1, 0.15) is 0 Å². The normalized spacial score (nSPS) is 11.2. The van der Waals surface area contributed by atoms with Crippen molar-refractivity contribution < 1.29 is 9.53 Å². The molecule has 0 saturated heterocycles. The predicted molar refractivity (Wildman–Crippen MR) is 64.8 cm³/mol. The largest absolute Gasteiger partial charge is 0.463 e. The number of allylic oxidation sites excluding steroid dienone is 1. The molecule has 0 atom stereocenters. The molecule has 0 aliphatic heterocycles. The lowest BCUT2D eigenvalue weighted by Crippen LogP contribution is -2.01. The predicted octanol–water partition coefficient (Wildman–Crippen LogP) is 3.03. The minimum Gasteiger partial charge on any atom is -0.463 e. The van der Waals surface area contributed by atoms with Gasteiger partial charge in [-0.15, -0.1) is 0 Å². The Balaban J connectivity index is 2.84. The lowest BCUT2D eigenvalue weighted by Gasteiger charge is -2.03. The first-order valence-corrected chi connectivity index (χ1v) is 5.88. The second kappa shape index (κ2) is 6.40. The van der Waals surface area contributed by atoms with Gasteiger partial charge in [-0.1, -0.05) is 46.3 Å². The van der Waals surface area contributed by atoms with Crippen LogP contribution in [0.25, 0.3) is 5.57 Å². The van der Waals surface area contributed by atoms with E-state index in [-0.39, 0.29) is 5.97 Å². The highest BCUT2D eigenvalue weighted by Crippen LogP contribution is 2.16. The number of hydrogen-bond donors (Lipinski definition) is 0. The molecule has 0 aliphatic carbocycles. The van der Waals surface area contributed by atoms with Crippen molar-refractivity contribution in [2.45, 2.75) is 6.92 Å². The molecule has 0 bridgehead atoms. The summed E-state index contributed by atoms with van der Waals surface area (Å²) in [6.45, 7) is 2.20. The summed E-state index contributed by atoms with van der Waals surface area (Å²) in [5.74, 6) is -0.296. The van der Waals surface area contributed by atoms with Gasteiger partial charge in [0.05, 0.1) is 6.61 Å². The molecule has 1 rings (SSSR count). The Morgan fingerprint density at radius 3 is 2.60 bits per heavy atom. The average molecular weight is 269 g/mol. The highest BCUT2D eigenvalue weighted by atomic mass is 79.9. The number of carbonyl (C=O) groups excluding carboxylic acids is 1. The summed E-state index contributed by atoms with van der Waals surface area (Å²) in [4.78, 5) is 11.3. The molecule has 0 radical (unpaired) electrons. The fourth-order valence-electron chi connectivity index (χ4n) is 1.18. The molecule has 2 nitrogen and oxygen atoms in total. The molecule has 0 fully saturated rings. The molecule has 1 aromatic rings. The van der Waals surface area contributed by atoms with Gasteiger partial charge in [-0.25, -0.2) is 4.79 Å². The molecule has 0 aromatic heterocycles. The zero-order valence-corrected chi connectivity index (χ0v) is 10.2. The molecule has 80 valence electrons. The average Bonchev–Trinajstić information content (AvgIpc) is 2.27. The van der Waals surface area contributed by atoms with Gasteiger partial charge in [0.25, 0.3) is 0 Å². The molecular formula is C12H13BrO2. The van der Waals surface area contributed by atoms with Crippen molar-refractivity contribution in [1.82, 2.24) is 0 Å². The van der Waals surface area contributed by atoms with Crippen molar-refractivity contribution in [3.8, 4) is 0 Å². The molecule has 0 heterocycles. The Kier molecular flexibility index (Phi) is 5.12. The van der Waals surface area contributed by atoms with E-state index >= 15 is 0 Å². The van der Waals surface area contributed by atoms with E-state index in [1.807, 2.05) is 30.3 Å². The summed E-state index contributed by atoms with van der Waals surface area (Å²) in [5, 5.41) is 0.635. The number of esters is 1. The highest BCUT2D eigenvalue weighted by Gasteiger charge is 2.03. The first-order chi connectivity index (χ1) is 7.27. The van der Waals surface area contributed by atoms with E-state index < -0.39 is 0 Å². The second-order valence-corrected chi connectivity index (χ2v) is 3.48. The first kappa shape index (κ1) is 12.0. The minimum absolute atomic E-state index is 0.296. The molecule has 3 heteroatoms. The van der Waals surface area contributed by atoms with Crippen LogP contribution in [0.2, 0.25) is 0 Å². The molecule has 1 aromatic carbocycles. The van der Waals surface area contributed by atoms with Gasteiger partial charge < -0.3 is 4.74 Å². The van der Waals surface area contributed by atoms with E-state index in [0.717, 1.165) is 11.1 Å². The minimum atomic E-state index is -0.296. The zero-order valence-electron chi connectivity index (χ0n) is 8.57. The molecule has 0 N–H and O–H groups in total. The summed E-state index contributed by atoms with van der Waals surface area (Å²) in [6, 6.07) is 9.76. The van der Waals surface area contributed by atoms with E-state index in [1.165, 1.54) is 6.08 Å². The summed E-state index contributed by atoms with van der Waals surface area (Å²) in [6.07, 6.45) is 1.52. The molecule has 0 saturated carbocycles. The van der Waals surface area contributed by atoms with Crippen LogP contribution in [0, 0.1) is 0 Å². The van der Waals surface area contributed by atoms with E-state index in [0.29, 0.717) is 11.9 Å². The third-order valence-electron chi connectivity index (χ3n) is 1.87. The maximum Gasteiger partial charge on any atom is 0.331 e. The first-order valence-electron chi connectivity index (χ1n) is 4.76. The molecule has 0 aliphatic rings. The maximum absolute atomic E-state index is 11.3. The number of carbonyl (C=O) groups is 1. The quantitative estimate of drug-likeness (QED) is 0.477. The van der Waals surface area contributed by atoms with Crippen molar-refractivity contribution in [3.05, 3.63) is 42.0 Å². The Morgan fingerprint density at radius 2 is 2.07 bits per heavy atom. The van der Waals surface area contributed by atoms with Crippen LogP contribution in [-0.4, -0.2) is 17.9 Å². The summed E-state index contributed by atoms with van der Waals surface area (Å²) in [7, 11) is 0. The van der Waals surface area contributed by atoms with Crippen molar-refractivity contribution in [1.29, 1.82) is 0 Å². The monoisotopic (exact) mass is 268 g/mol. The smallest absolute Gasteiger partial charge is 0.331 e.